The van der Waals surface area contributed by atoms with Crippen LogP contribution in [-0.4, -0.2) is 15.7 Å². The lowest BCUT2D eigenvalue weighted by Crippen LogP contribution is -2.12. The standard InChI is InChI=1S/C12H15N3OS/c1-2-17-12-14-7-10(8-15-12)6-13-9-11-4-3-5-16-11/h3-5,7-8,13H,2,6,9H2,1H3. The summed E-state index contributed by atoms with van der Waals surface area (Å²) in [5.41, 5.74) is 1.08. The molecule has 2 aromatic rings. The first-order chi connectivity index (χ1) is 8.38. The van der Waals surface area contributed by atoms with E-state index in [0.717, 1.165) is 35.3 Å². The van der Waals surface area contributed by atoms with E-state index in [0.29, 0.717) is 0 Å². The number of nitrogens with zero attached hydrogens (tertiary/aromatic N) is 2. The van der Waals surface area contributed by atoms with Gasteiger partial charge in [-0.3, -0.25) is 0 Å². The minimum Gasteiger partial charge on any atom is -0.468 e. The number of thioether (sulfide) groups is 1. The fraction of sp³-hybridized carbons (Fsp3) is 0.333. The Kier molecular flexibility index (Phi) is 4.58. The van der Waals surface area contributed by atoms with Crippen molar-refractivity contribution in [2.75, 3.05) is 5.75 Å². The Labute approximate surface area is 105 Å². The van der Waals surface area contributed by atoms with Gasteiger partial charge in [0, 0.05) is 24.5 Å². The van der Waals surface area contributed by atoms with Crippen molar-refractivity contribution in [3.8, 4) is 0 Å². The van der Waals surface area contributed by atoms with E-state index in [1.54, 1.807) is 18.0 Å². The number of aromatic nitrogens is 2. The number of hydrogen-bond donors (Lipinski definition) is 1. The molecule has 1 N–H and O–H groups in total. The first kappa shape index (κ1) is 12.1. The molecule has 0 atom stereocenters. The molecule has 0 spiro atoms. The average Bonchev–Trinajstić information content (AvgIpc) is 2.85. The molecule has 0 bridgehead atoms. The van der Waals surface area contributed by atoms with Gasteiger partial charge in [-0.2, -0.15) is 0 Å². The van der Waals surface area contributed by atoms with Gasteiger partial charge in [-0.25, -0.2) is 9.97 Å². The summed E-state index contributed by atoms with van der Waals surface area (Å²) >= 11 is 1.65. The number of furan rings is 1. The molecule has 2 heterocycles. The lowest BCUT2D eigenvalue weighted by atomic mass is 10.3. The molecule has 4 nitrogen and oxygen atoms in total. The van der Waals surface area contributed by atoms with Gasteiger partial charge >= 0.3 is 0 Å². The predicted molar refractivity (Wildman–Crippen MR) is 67.7 cm³/mol. The van der Waals surface area contributed by atoms with Crippen LogP contribution < -0.4 is 5.32 Å². The van der Waals surface area contributed by atoms with Gasteiger partial charge < -0.3 is 9.73 Å². The van der Waals surface area contributed by atoms with E-state index in [-0.39, 0.29) is 0 Å². The van der Waals surface area contributed by atoms with Gasteiger partial charge in [-0.1, -0.05) is 18.7 Å². The summed E-state index contributed by atoms with van der Waals surface area (Å²) in [7, 11) is 0. The fourth-order valence-electron chi connectivity index (χ4n) is 1.38. The van der Waals surface area contributed by atoms with Crippen LogP contribution in [0.25, 0.3) is 0 Å². The quantitative estimate of drug-likeness (QED) is 0.629. The third kappa shape index (κ3) is 3.87. The predicted octanol–water partition coefficient (Wildman–Crippen LogP) is 2.47. The van der Waals surface area contributed by atoms with Crippen LogP contribution in [0.1, 0.15) is 18.2 Å². The molecule has 2 aromatic heterocycles. The molecule has 17 heavy (non-hydrogen) atoms. The van der Waals surface area contributed by atoms with Gasteiger partial charge in [0.2, 0.25) is 0 Å². The zero-order valence-corrected chi connectivity index (χ0v) is 10.5. The maximum Gasteiger partial charge on any atom is 0.187 e. The molecular weight excluding hydrogens is 234 g/mol. The molecule has 0 amide bonds. The second kappa shape index (κ2) is 6.42. The van der Waals surface area contributed by atoms with Crippen LogP contribution in [0.15, 0.2) is 40.4 Å². The van der Waals surface area contributed by atoms with Gasteiger partial charge in [0.15, 0.2) is 5.16 Å². The lowest BCUT2D eigenvalue weighted by Gasteiger charge is -2.03. The van der Waals surface area contributed by atoms with Crippen molar-refractivity contribution in [3.05, 3.63) is 42.1 Å². The molecule has 0 fully saturated rings. The summed E-state index contributed by atoms with van der Waals surface area (Å²) in [4.78, 5) is 8.54. The highest BCUT2D eigenvalue weighted by Gasteiger charge is 1.98. The van der Waals surface area contributed by atoms with Gasteiger partial charge in [-0.15, -0.1) is 0 Å². The molecule has 0 saturated carbocycles. The van der Waals surface area contributed by atoms with Crippen molar-refractivity contribution < 1.29 is 4.42 Å². The summed E-state index contributed by atoms with van der Waals surface area (Å²) in [6.45, 7) is 3.56. The van der Waals surface area contributed by atoms with E-state index >= 15 is 0 Å². The first-order valence-electron chi connectivity index (χ1n) is 5.55. The molecular formula is C12H15N3OS. The van der Waals surface area contributed by atoms with E-state index < -0.39 is 0 Å². The Morgan fingerprint density at radius 3 is 2.76 bits per heavy atom. The minimum absolute atomic E-state index is 0.721. The van der Waals surface area contributed by atoms with E-state index in [9.17, 15) is 0 Å². The molecule has 0 aliphatic rings. The zero-order valence-electron chi connectivity index (χ0n) is 9.72. The number of hydrogen-bond acceptors (Lipinski definition) is 5. The second-order valence-corrected chi connectivity index (χ2v) is 4.72. The Hall–Kier alpha value is -1.33. The summed E-state index contributed by atoms with van der Waals surface area (Å²) in [5, 5.41) is 4.11. The Bertz CT molecular complexity index is 428. The largest absolute Gasteiger partial charge is 0.468 e. The lowest BCUT2D eigenvalue weighted by molar-refractivity contribution is 0.482. The molecule has 0 unspecified atom stereocenters. The normalized spacial score (nSPS) is 10.6. The maximum absolute atomic E-state index is 5.23. The summed E-state index contributed by atoms with van der Waals surface area (Å²) in [6.07, 6.45) is 5.40. The third-order valence-corrected chi connectivity index (χ3v) is 2.92. The van der Waals surface area contributed by atoms with E-state index in [2.05, 4.69) is 22.2 Å². The van der Waals surface area contributed by atoms with Crippen molar-refractivity contribution >= 4 is 11.8 Å². The van der Waals surface area contributed by atoms with Gasteiger partial charge in [0.05, 0.1) is 12.8 Å². The van der Waals surface area contributed by atoms with Crippen LogP contribution in [0.4, 0.5) is 0 Å². The fourth-order valence-corrected chi connectivity index (χ4v) is 1.89. The molecule has 0 aromatic carbocycles. The molecule has 0 aliphatic carbocycles. The van der Waals surface area contributed by atoms with Gasteiger partial charge in [0.25, 0.3) is 0 Å². The molecule has 90 valence electrons. The highest BCUT2D eigenvalue weighted by molar-refractivity contribution is 7.99. The Morgan fingerprint density at radius 1 is 1.29 bits per heavy atom. The summed E-state index contributed by atoms with van der Waals surface area (Å²) < 4.78 is 5.23. The first-order valence-corrected chi connectivity index (χ1v) is 6.54. The average molecular weight is 249 g/mol. The molecule has 0 saturated heterocycles. The monoisotopic (exact) mass is 249 g/mol. The van der Waals surface area contributed by atoms with Gasteiger partial charge in [0.1, 0.15) is 5.76 Å². The molecule has 5 heteroatoms. The molecule has 0 aliphatic heterocycles. The molecule has 0 radical (unpaired) electrons. The Morgan fingerprint density at radius 2 is 2.12 bits per heavy atom. The van der Waals surface area contributed by atoms with E-state index in [1.165, 1.54) is 0 Å². The number of rotatable bonds is 6. The second-order valence-electron chi connectivity index (χ2n) is 3.49. The summed E-state index contributed by atoms with van der Waals surface area (Å²) in [6, 6.07) is 3.83. The van der Waals surface area contributed by atoms with Crippen LogP contribution in [0.3, 0.4) is 0 Å². The van der Waals surface area contributed by atoms with E-state index in [4.69, 9.17) is 4.42 Å². The van der Waals surface area contributed by atoms with Crippen molar-refractivity contribution in [1.82, 2.24) is 15.3 Å². The van der Waals surface area contributed by atoms with Crippen molar-refractivity contribution in [2.45, 2.75) is 25.2 Å². The van der Waals surface area contributed by atoms with Crippen molar-refractivity contribution in [3.63, 3.8) is 0 Å². The number of nitrogens with one attached hydrogen (secondary N) is 1. The summed E-state index contributed by atoms with van der Waals surface area (Å²) in [5.74, 6) is 1.93. The highest BCUT2D eigenvalue weighted by Crippen LogP contribution is 2.10. The van der Waals surface area contributed by atoms with Crippen LogP contribution in [-0.2, 0) is 13.1 Å². The Balaban J connectivity index is 1.79. The SMILES string of the molecule is CCSc1ncc(CNCc2ccco2)cn1. The van der Waals surface area contributed by atoms with Gasteiger partial charge in [-0.05, 0) is 17.9 Å². The molecule has 2 rings (SSSR count). The van der Waals surface area contributed by atoms with E-state index in [1.807, 2.05) is 24.5 Å². The minimum atomic E-state index is 0.721. The maximum atomic E-state index is 5.23. The van der Waals surface area contributed by atoms with Crippen LogP contribution >= 0.6 is 11.8 Å². The van der Waals surface area contributed by atoms with Crippen LogP contribution in [0, 0.1) is 0 Å². The topological polar surface area (TPSA) is 51.0 Å². The zero-order chi connectivity index (χ0) is 11.9. The van der Waals surface area contributed by atoms with Crippen LogP contribution in [0.2, 0.25) is 0 Å². The highest BCUT2D eigenvalue weighted by atomic mass is 32.2. The van der Waals surface area contributed by atoms with Crippen molar-refractivity contribution in [2.24, 2.45) is 0 Å². The smallest absolute Gasteiger partial charge is 0.187 e. The third-order valence-electron chi connectivity index (χ3n) is 2.16. The van der Waals surface area contributed by atoms with Crippen molar-refractivity contribution in [1.29, 1.82) is 0 Å². The van der Waals surface area contributed by atoms with Crippen LogP contribution in [0.5, 0.6) is 0 Å².